The minimum atomic E-state index is -0.00305. The third-order valence-corrected chi connectivity index (χ3v) is 6.11. The highest BCUT2D eigenvalue weighted by atomic mass is 35.5. The van der Waals surface area contributed by atoms with Crippen molar-refractivity contribution in [2.45, 2.75) is 27.3 Å². The molecule has 0 spiro atoms. The molecule has 0 radical (unpaired) electrons. The van der Waals surface area contributed by atoms with Gasteiger partial charge in [-0.15, -0.1) is 0 Å². The van der Waals surface area contributed by atoms with Gasteiger partial charge in [0.1, 0.15) is 6.54 Å². The number of aromatic nitrogens is 1. The number of anilines is 1. The lowest BCUT2D eigenvalue weighted by Gasteiger charge is -2.37. The van der Waals surface area contributed by atoms with Gasteiger partial charge in [-0.1, -0.05) is 23.7 Å². The van der Waals surface area contributed by atoms with E-state index >= 15 is 0 Å². The number of pyridine rings is 1. The Balaban J connectivity index is 1.50. The number of halogens is 1. The lowest BCUT2D eigenvalue weighted by molar-refractivity contribution is -0.132. The maximum Gasteiger partial charge on any atom is 0.242 e. The fraction of sp³-hybridized carbons (Fsp3) is 0.333. The van der Waals surface area contributed by atoms with Crippen LogP contribution in [0.3, 0.4) is 0 Å². The molecule has 2 heterocycles. The molecule has 30 heavy (non-hydrogen) atoms. The van der Waals surface area contributed by atoms with Gasteiger partial charge in [0.25, 0.3) is 0 Å². The first-order valence-corrected chi connectivity index (χ1v) is 10.6. The number of carbonyl (C=O) groups excluding carboxylic acids is 1. The Morgan fingerprint density at radius 1 is 0.967 bits per heavy atom. The van der Waals surface area contributed by atoms with E-state index < -0.39 is 0 Å². The predicted octanol–water partition coefficient (Wildman–Crippen LogP) is 3.93. The highest BCUT2D eigenvalue weighted by Gasteiger charge is 2.23. The summed E-state index contributed by atoms with van der Waals surface area (Å²) < 4.78 is 1.90. The molecule has 1 fully saturated rings. The van der Waals surface area contributed by atoms with Gasteiger partial charge in [0, 0.05) is 54.5 Å². The summed E-state index contributed by atoms with van der Waals surface area (Å²) in [5.41, 5.74) is 5.16. The minimum Gasteiger partial charge on any atom is -0.368 e. The second kappa shape index (κ2) is 8.15. The second-order valence-corrected chi connectivity index (χ2v) is 8.52. The molecular weight excluding hydrogens is 398 g/mol. The van der Waals surface area contributed by atoms with E-state index in [-0.39, 0.29) is 17.9 Å². The molecule has 0 N–H and O–H groups in total. The molecule has 1 aromatic heterocycles. The Labute approximate surface area is 181 Å². The highest BCUT2D eigenvalue weighted by Crippen LogP contribution is 2.25. The highest BCUT2D eigenvalue weighted by molar-refractivity contribution is 6.30. The first-order valence-electron chi connectivity index (χ1n) is 10.2. The molecule has 1 saturated heterocycles. The Bertz CT molecular complexity index is 1180. The van der Waals surface area contributed by atoms with Gasteiger partial charge < -0.3 is 14.4 Å². The molecule has 0 unspecified atom stereocenters. The first-order chi connectivity index (χ1) is 14.3. The average molecular weight is 424 g/mol. The van der Waals surface area contributed by atoms with Crippen molar-refractivity contribution >= 4 is 34.1 Å². The molecule has 4 rings (SSSR count). The molecule has 2 aromatic carbocycles. The van der Waals surface area contributed by atoms with E-state index in [1.165, 1.54) is 5.56 Å². The molecule has 156 valence electrons. The number of aryl methyl sites for hydroxylation is 3. The zero-order chi connectivity index (χ0) is 21.4. The second-order valence-electron chi connectivity index (χ2n) is 8.08. The van der Waals surface area contributed by atoms with Crippen LogP contribution >= 0.6 is 11.6 Å². The van der Waals surface area contributed by atoms with Crippen molar-refractivity contribution in [3.63, 3.8) is 0 Å². The van der Waals surface area contributed by atoms with Crippen molar-refractivity contribution in [2.24, 2.45) is 0 Å². The van der Waals surface area contributed by atoms with Crippen LogP contribution < -0.4 is 10.3 Å². The van der Waals surface area contributed by atoms with Crippen molar-refractivity contribution in [1.29, 1.82) is 0 Å². The van der Waals surface area contributed by atoms with Crippen LogP contribution in [0.15, 0.2) is 47.4 Å². The van der Waals surface area contributed by atoms with Crippen molar-refractivity contribution in [3.8, 4) is 0 Å². The number of hydrogen-bond acceptors (Lipinski definition) is 3. The molecule has 0 atom stereocenters. The molecule has 1 aliphatic rings. The van der Waals surface area contributed by atoms with Crippen LogP contribution in [0.1, 0.15) is 16.7 Å². The molecule has 0 aliphatic carbocycles. The SMILES string of the molecule is Cc1cc(C)c2c(=O)ccn(CC(=O)N3CCN(c4cc(Cl)ccc4C)CC3)c2c1. The summed E-state index contributed by atoms with van der Waals surface area (Å²) in [5.74, 6) is 0.0709. The monoisotopic (exact) mass is 423 g/mol. The summed E-state index contributed by atoms with van der Waals surface area (Å²) in [6, 6.07) is 11.5. The number of hydrogen-bond donors (Lipinski definition) is 0. The number of nitrogens with zero attached hydrogens (tertiary/aromatic N) is 3. The van der Waals surface area contributed by atoms with Gasteiger partial charge in [-0.05, 0) is 55.7 Å². The molecule has 0 saturated carbocycles. The largest absolute Gasteiger partial charge is 0.368 e. The van der Waals surface area contributed by atoms with Crippen LogP contribution in [0.2, 0.25) is 5.02 Å². The molecule has 1 amide bonds. The number of piperazine rings is 1. The summed E-state index contributed by atoms with van der Waals surface area (Å²) in [6.07, 6.45) is 1.73. The van der Waals surface area contributed by atoms with Crippen molar-refractivity contribution in [2.75, 3.05) is 31.1 Å². The third kappa shape index (κ3) is 3.94. The number of amides is 1. The van der Waals surface area contributed by atoms with E-state index in [4.69, 9.17) is 11.6 Å². The van der Waals surface area contributed by atoms with Gasteiger partial charge in [-0.3, -0.25) is 9.59 Å². The van der Waals surface area contributed by atoms with Gasteiger partial charge >= 0.3 is 0 Å². The number of fused-ring (bicyclic) bond motifs is 1. The van der Waals surface area contributed by atoms with E-state index in [9.17, 15) is 9.59 Å². The molecular formula is C24H26ClN3O2. The minimum absolute atomic E-state index is 0.00305. The number of carbonyl (C=O) groups is 1. The maximum absolute atomic E-state index is 13.0. The smallest absolute Gasteiger partial charge is 0.242 e. The topological polar surface area (TPSA) is 45.6 Å². The molecule has 5 nitrogen and oxygen atoms in total. The van der Waals surface area contributed by atoms with Gasteiger partial charge in [0.05, 0.1) is 5.52 Å². The average Bonchev–Trinajstić information content (AvgIpc) is 2.71. The molecule has 1 aliphatic heterocycles. The zero-order valence-electron chi connectivity index (χ0n) is 17.6. The van der Waals surface area contributed by atoms with Crippen molar-refractivity contribution in [1.82, 2.24) is 9.47 Å². The standard InChI is InChI=1S/C24H26ClN3O2/c1-16-12-18(3)24-21(13-16)28(7-6-22(24)29)15-23(30)27-10-8-26(9-11-27)20-14-19(25)5-4-17(20)2/h4-7,12-14H,8-11,15H2,1-3H3. The number of rotatable bonds is 3. The van der Waals surface area contributed by atoms with Crippen LogP contribution in [-0.2, 0) is 11.3 Å². The Morgan fingerprint density at radius 3 is 2.43 bits per heavy atom. The van der Waals surface area contributed by atoms with E-state index in [1.54, 1.807) is 12.3 Å². The van der Waals surface area contributed by atoms with Gasteiger partial charge in [0.2, 0.25) is 5.91 Å². The maximum atomic E-state index is 13.0. The van der Waals surface area contributed by atoms with Crippen LogP contribution in [0.5, 0.6) is 0 Å². The zero-order valence-corrected chi connectivity index (χ0v) is 18.4. The van der Waals surface area contributed by atoms with Crippen LogP contribution in [0.4, 0.5) is 5.69 Å². The van der Waals surface area contributed by atoms with Gasteiger partial charge in [-0.2, -0.15) is 0 Å². The Hall–Kier alpha value is -2.79. The van der Waals surface area contributed by atoms with E-state index in [0.717, 1.165) is 40.4 Å². The lowest BCUT2D eigenvalue weighted by Crippen LogP contribution is -2.49. The summed E-state index contributed by atoms with van der Waals surface area (Å²) in [6.45, 7) is 9.14. The predicted molar refractivity (Wildman–Crippen MR) is 123 cm³/mol. The summed E-state index contributed by atoms with van der Waals surface area (Å²) in [5, 5.41) is 1.42. The molecule has 3 aromatic rings. The van der Waals surface area contributed by atoms with E-state index in [0.29, 0.717) is 18.5 Å². The van der Waals surface area contributed by atoms with E-state index in [1.807, 2.05) is 53.6 Å². The quantitative estimate of drug-likeness (QED) is 0.641. The van der Waals surface area contributed by atoms with Crippen molar-refractivity contribution < 1.29 is 4.79 Å². The number of benzene rings is 2. The van der Waals surface area contributed by atoms with Gasteiger partial charge in [0.15, 0.2) is 5.43 Å². The van der Waals surface area contributed by atoms with Crippen molar-refractivity contribution in [3.05, 3.63) is 74.5 Å². The van der Waals surface area contributed by atoms with Crippen LogP contribution in [-0.4, -0.2) is 41.6 Å². The lowest BCUT2D eigenvalue weighted by atomic mass is 10.1. The first kappa shape index (κ1) is 20.5. The fourth-order valence-corrected chi connectivity index (χ4v) is 4.48. The summed E-state index contributed by atoms with van der Waals surface area (Å²) >= 11 is 6.17. The molecule has 6 heteroatoms. The normalized spacial score (nSPS) is 14.4. The van der Waals surface area contributed by atoms with Crippen LogP contribution in [0, 0.1) is 20.8 Å². The Morgan fingerprint density at radius 2 is 1.70 bits per heavy atom. The van der Waals surface area contributed by atoms with Gasteiger partial charge in [-0.25, -0.2) is 0 Å². The molecule has 0 bridgehead atoms. The fourth-order valence-electron chi connectivity index (χ4n) is 4.32. The summed E-state index contributed by atoms with van der Waals surface area (Å²) in [4.78, 5) is 29.6. The van der Waals surface area contributed by atoms with Crippen LogP contribution in [0.25, 0.3) is 10.9 Å². The Kier molecular flexibility index (Phi) is 5.56. The summed E-state index contributed by atoms with van der Waals surface area (Å²) in [7, 11) is 0. The third-order valence-electron chi connectivity index (χ3n) is 5.87. The van der Waals surface area contributed by atoms with E-state index in [2.05, 4.69) is 11.8 Å².